The Kier molecular flexibility index (Phi) is 7.41. The number of furan rings is 1. The molecule has 0 unspecified atom stereocenters. The topological polar surface area (TPSA) is 69.9 Å². The molecule has 1 N–H and O–H groups in total. The number of ether oxygens (including phenoxy) is 3. The van der Waals surface area contributed by atoms with Gasteiger partial charge in [-0.25, -0.2) is 0 Å². The second kappa shape index (κ2) is 10.8. The minimum atomic E-state index is -0.157. The van der Waals surface area contributed by atoms with E-state index in [1.165, 1.54) is 0 Å². The van der Waals surface area contributed by atoms with Gasteiger partial charge in [0.05, 0.1) is 27.6 Å². The zero-order chi connectivity index (χ0) is 24.8. The number of carbonyl (C=O) groups excluding carboxylic acids is 1. The first-order chi connectivity index (χ1) is 17.0. The van der Waals surface area contributed by atoms with E-state index in [1.807, 2.05) is 67.6 Å². The van der Waals surface area contributed by atoms with Crippen molar-refractivity contribution in [2.45, 2.75) is 13.3 Å². The Morgan fingerprint density at radius 1 is 0.943 bits per heavy atom. The van der Waals surface area contributed by atoms with Crippen LogP contribution in [0.15, 0.2) is 77.4 Å². The minimum Gasteiger partial charge on any atom is -0.497 e. The molecule has 0 saturated heterocycles. The van der Waals surface area contributed by atoms with Gasteiger partial charge in [0.1, 0.15) is 22.8 Å². The summed E-state index contributed by atoms with van der Waals surface area (Å²) in [6.07, 6.45) is 4.05. The number of hydrogen-bond donors (Lipinski definition) is 1. The molecule has 1 aromatic heterocycles. The van der Waals surface area contributed by atoms with E-state index in [9.17, 15) is 4.79 Å². The van der Waals surface area contributed by atoms with E-state index in [0.717, 1.165) is 44.7 Å². The predicted octanol–water partition coefficient (Wildman–Crippen LogP) is 5.89. The average Bonchev–Trinajstić information content (AvgIpc) is 3.31. The monoisotopic (exact) mass is 471 g/mol. The van der Waals surface area contributed by atoms with Gasteiger partial charge < -0.3 is 23.9 Å². The summed E-state index contributed by atoms with van der Waals surface area (Å²) in [6, 6.07) is 19.5. The van der Waals surface area contributed by atoms with Gasteiger partial charge in [-0.2, -0.15) is 0 Å². The molecule has 4 aromatic rings. The average molecular weight is 472 g/mol. The number of allylic oxidation sites excluding steroid dienone is 1. The summed E-state index contributed by atoms with van der Waals surface area (Å²) < 4.78 is 21.9. The minimum absolute atomic E-state index is 0.157. The third-order valence-corrected chi connectivity index (χ3v) is 5.92. The van der Waals surface area contributed by atoms with Gasteiger partial charge in [0.2, 0.25) is 5.91 Å². The Bertz CT molecular complexity index is 1350. The molecular formula is C29H29NO5. The Balaban J connectivity index is 1.54. The lowest BCUT2D eigenvalue weighted by Gasteiger charge is -2.10. The summed E-state index contributed by atoms with van der Waals surface area (Å²) >= 11 is 0. The van der Waals surface area contributed by atoms with Crippen molar-refractivity contribution < 1.29 is 23.4 Å². The van der Waals surface area contributed by atoms with Crippen molar-refractivity contribution in [2.24, 2.45) is 0 Å². The summed E-state index contributed by atoms with van der Waals surface area (Å²) in [5, 5.41) is 3.90. The van der Waals surface area contributed by atoms with Crippen molar-refractivity contribution in [3.8, 4) is 28.4 Å². The van der Waals surface area contributed by atoms with Crippen LogP contribution in [0.3, 0.4) is 0 Å². The molecule has 0 aliphatic heterocycles. The van der Waals surface area contributed by atoms with E-state index in [1.54, 1.807) is 33.7 Å². The van der Waals surface area contributed by atoms with E-state index in [2.05, 4.69) is 5.32 Å². The number of amides is 1. The van der Waals surface area contributed by atoms with Crippen molar-refractivity contribution in [3.05, 3.63) is 84.1 Å². The van der Waals surface area contributed by atoms with Crippen molar-refractivity contribution in [3.63, 3.8) is 0 Å². The highest BCUT2D eigenvalue weighted by atomic mass is 16.5. The van der Waals surface area contributed by atoms with Crippen molar-refractivity contribution in [2.75, 3.05) is 27.9 Å². The van der Waals surface area contributed by atoms with Crippen LogP contribution in [0.2, 0.25) is 0 Å². The largest absolute Gasteiger partial charge is 0.497 e. The maximum absolute atomic E-state index is 12.6. The van der Waals surface area contributed by atoms with Crippen LogP contribution in [0.4, 0.5) is 0 Å². The van der Waals surface area contributed by atoms with Gasteiger partial charge in [0.25, 0.3) is 0 Å². The van der Waals surface area contributed by atoms with Crippen LogP contribution in [0.5, 0.6) is 17.2 Å². The number of rotatable bonds is 9. The third-order valence-electron chi connectivity index (χ3n) is 5.92. The molecule has 0 aliphatic rings. The van der Waals surface area contributed by atoms with Crippen LogP contribution in [0, 0.1) is 0 Å². The van der Waals surface area contributed by atoms with Gasteiger partial charge in [-0.15, -0.1) is 0 Å². The molecule has 0 fully saturated rings. The highest BCUT2D eigenvalue weighted by Crippen LogP contribution is 2.37. The predicted molar refractivity (Wildman–Crippen MR) is 138 cm³/mol. The van der Waals surface area contributed by atoms with E-state index in [4.69, 9.17) is 18.6 Å². The fraction of sp³-hybridized carbons (Fsp3) is 0.207. The SMILES string of the molecule is COc1ccc(-c2coc3cc(OC)c(/C(C)=C/C(=O)NCCc4cccc(OC)c4)cc23)cc1. The van der Waals surface area contributed by atoms with Crippen LogP contribution < -0.4 is 19.5 Å². The number of benzene rings is 3. The van der Waals surface area contributed by atoms with Gasteiger partial charge in [-0.1, -0.05) is 24.3 Å². The zero-order valence-corrected chi connectivity index (χ0v) is 20.4. The van der Waals surface area contributed by atoms with E-state index in [-0.39, 0.29) is 5.91 Å². The maximum atomic E-state index is 12.6. The van der Waals surface area contributed by atoms with Crippen LogP contribution in [0.25, 0.3) is 27.7 Å². The van der Waals surface area contributed by atoms with Gasteiger partial charge in [0.15, 0.2) is 0 Å². The number of nitrogens with one attached hydrogen (secondary N) is 1. The Labute approximate surface area is 205 Å². The van der Waals surface area contributed by atoms with Gasteiger partial charge in [0, 0.05) is 35.2 Å². The van der Waals surface area contributed by atoms with Crippen molar-refractivity contribution in [1.29, 1.82) is 0 Å². The lowest BCUT2D eigenvalue weighted by Crippen LogP contribution is -2.23. The number of carbonyl (C=O) groups is 1. The smallest absolute Gasteiger partial charge is 0.244 e. The standard InChI is InChI=1S/C29H29NO5/c1-19(14-29(31)30-13-12-20-6-5-7-23(15-20)33-3)24-16-25-26(18-35-28(25)17-27(24)34-4)21-8-10-22(32-2)11-9-21/h5-11,14-18H,12-13H2,1-4H3,(H,30,31)/b19-14+. The molecule has 0 atom stereocenters. The molecule has 0 saturated carbocycles. The maximum Gasteiger partial charge on any atom is 0.244 e. The second-order valence-corrected chi connectivity index (χ2v) is 8.15. The Morgan fingerprint density at radius 3 is 2.43 bits per heavy atom. The highest BCUT2D eigenvalue weighted by molar-refractivity contribution is 6.00. The highest BCUT2D eigenvalue weighted by Gasteiger charge is 2.15. The first-order valence-electron chi connectivity index (χ1n) is 11.4. The molecule has 0 radical (unpaired) electrons. The van der Waals surface area contributed by atoms with E-state index >= 15 is 0 Å². The van der Waals surface area contributed by atoms with Crippen LogP contribution in [-0.4, -0.2) is 33.8 Å². The zero-order valence-electron chi connectivity index (χ0n) is 20.4. The van der Waals surface area contributed by atoms with Crippen LogP contribution in [-0.2, 0) is 11.2 Å². The first kappa shape index (κ1) is 24.0. The summed E-state index contributed by atoms with van der Waals surface area (Å²) in [5.41, 5.74) is 5.42. The summed E-state index contributed by atoms with van der Waals surface area (Å²) in [7, 11) is 4.90. The number of fused-ring (bicyclic) bond motifs is 1. The molecule has 0 aliphatic carbocycles. The molecule has 4 rings (SSSR count). The molecule has 6 nitrogen and oxygen atoms in total. The molecule has 180 valence electrons. The van der Waals surface area contributed by atoms with Crippen molar-refractivity contribution >= 4 is 22.4 Å². The molecular weight excluding hydrogens is 442 g/mol. The molecule has 0 spiro atoms. The summed E-state index contributed by atoms with van der Waals surface area (Å²) in [4.78, 5) is 12.6. The lowest BCUT2D eigenvalue weighted by atomic mass is 9.99. The summed E-state index contributed by atoms with van der Waals surface area (Å²) in [6.45, 7) is 2.42. The Hall–Kier alpha value is -4.19. The number of hydrogen-bond acceptors (Lipinski definition) is 5. The molecule has 35 heavy (non-hydrogen) atoms. The fourth-order valence-electron chi connectivity index (χ4n) is 4.01. The van der Waals surface area contributed by atoms with Gasteiger partial charge in [-0.05, 0) is 60.4 Å². The molecule has 6 heteroatoms. The van der Waals surface area contributed by atoms with Crippen LogP contribution >= 0.6 is 0 Å². The van der Waals surface area contributed by atoms with E-state index in [0.29, 0.717) is 24.3 Å². The van der Waals surface area contributed by atoms with E-state index < -0.39 is 0 Å². The lowest BCUT2D eigenvalue weighted by molar-refractivity contribution is -0.116. The Morgan fingerprint density at radius 2 is 1.71 bits per heavy atom. The number of methoxy groups -OCH3 is 3. The second-order valence-electron chi connectivity index (χ2n) is 8.15. The van der Waals surface area contributed by atoms with Crippen LogP contribution in [0.1, 0.15) is 18.1 Å². The first-order valence-corrected chi connectivity index (χ1v) is 11.4. The van der Waals surface area contributed by atoms with Crippen molar-refractivity contribution in [1.82, 2.24) is 5.32 Å². The van der Waals surface area contributed by atoms with Gasteiger partial charge >= 0.3 is 0 Å². The van der Waals surface area contributed by atoms with Gasteiger partial charge in [-0.3, -0.25) is 4.79 Å². The normalized spacial score (nSPS) is 11.4. The quantitative estimate of drug-likeness (QED) is 0.308. The fourth-order valence-corrected chi connectivity index (χ4v) is 4.01. The third kappa shape index (κ3) is 5.49. The molecule has 3 aromatic carbocycles. The molecule has 1 amide bonds. The molecule has 0 bridgehead atoms. The summed E-state index contributed by atoms with van der Waals surface area (Å²) in [5.74, 6) is 2.08. The molecule has 1 heterocycles.